The molecule has 0 unspecified atom stereocenters. The first-order valence-electron chi connectivity index (χ1n) is 5.41. The zero-order chi connectivity index (χ0) is 14.0. The quantitative estimate of drug-likeness (QED) is 0.881. The summed E-state index contributed by atoms with van der Waals surface area (Å²) in [5.74, 6) is -0.129. The van der Waals surface area contributed by atoms with Crippen LogP contribution in [0, 0.1) is 0 Å². The van der Waals surface area contributed by atoms with E-state index in [4.69, 9.17) is 28.9 Å². The predicted molar refractivity (Wildman–Crippen MR) is 78.2 cm³/mol. The molecule has 0 fully saturated rings. The zero-order valence-corrected chi connectivity index (χ0v) is 12.1. The molecular weight excluding hydrogens is 305 g/mol. The van der Waals surface area contributed by atoms with Crippen molar-refractivity contribution in [3.8, 4) is 0 Å². The molecule has 0 aliphatic heterocycles. The SMILES string of the molecule is Nc1cc(CS(=O)(=O)c2ccc(Cl)cc2)ccc1Cl. The van der Waals surface area contributed by atoms with Crippen molar-refractivity contribution >= 4 is 38.7 Å². The average Bonchev–Trinajstić information content (AvgIpc) is 2.34. The topological polar surface area (TPSA) is 60.2 Å². The molecule has 0 saturated heterocycles. The Bertz CT molecular complexity index is 697. The van der Waals surface area contributed by atoms with Crippen molar-refractivity contribution in [1.82, 2.24) is 0 Å². The maximum absolute atomic E-state index is 12.2. The minimum absolute atomic E-state index is 0.129. The minimum atomic E-state index is -3.42. The van der Waals surface area contributed by atoms with Crippen molar-refractivity contribution in [1.29, 1.82) is 0 Å². The molecule has 6 heteroatoms. The van der Waals surface area contributed by atoms with E-state index >= 15 is 0 Å². The Morgan fingerprint density at radius 1 is 1.00 bits per heavy atom. The normalized spacial score (nSPS) is 11.5. The fourth-order valence-electron chi connectivity index (χ4n) is 1.63. The minimum Gasteiger partial charge on any atom is -0.398 e. The van der Waals surface area contributed by atoms with Crippen LogP contribution in [0.2, 0.25) is 10.0 Å². The smallest absolute Gasteiger partial charge is 0.182 e. The van der Waals surface area contributed by atoms with Gasteiger partial charge >= 0.3 is 0 Å². The highest BCUT2D eigenvalue weighted by Crippen LogP contribution is 2.23. The lowest BCUT2D eigenvalue weighted by atomic mass is 10.2. The van der Waals surface area contributed by atoms with Crippen LogP contribution < -0.4 is 5.73 Å². The number of hydrogen-bond acceptors (Lipinski definition) is 3. The first-order chi connectivity index (χ1) is 8.88. The maximum Gasteiger partial charge on any atom is 0.182 e. The summed E-state index contributed by atoms with van der Waals surface area (Å²) in [4.78, 5) is 0.227. The van der Waals surface area contributed by atoms with Gasteiger partial charge in [-0.3, -0.25) is 0 Å². The van der Waals surface area contributed by atoms with Crippen molar-refractivity contribution < 1.29 is 8.42 Å². The van der Waals surface area contributed by atoms with E-state index in [9.17, 15) is 8.42 Å². The zero-order valence-electron chi connectivity index (χ0n) is 9.81. The van der Waals surface area contributed by atoms with Crippen LogP contribution in [-0.2, 0) is 15.6 Å². The predicted octanol–water partition coefficient (Wildman–Crippen LogP) is 3.55. The van der Waals surface area contributed by atoms with Crippen molar-refractivity contribution in [2.75, 3.05) is 5.73 Å². The molecule has 2 aromatic carbocycles. The lowest BCUT2D eigenvalue weighted by Gasteiger charge is -2.06. The molecule has 2 rings (SSSR count). The summed E-state index contributed by atoms with van der Waals surface area (Å²) in [5, 5.41) is 0.905. The molecule has 3 nitrogen and oxygen atoms in total. The third-order valence-corrected chi connectivity index (χ3v) is 4.89. The van der Waals surface area contributed by atoms with E-state index < -0.39 is 9.84 Å². The van der Waals surface area contributed by atoms with Crippen LogP contribution in [0.15, 0.2) is 47.4 Å². The fraction of sp³-hybridized carbons (Fsp3) is 0.0769. The fourth-order valence-corrected chi connectivity index (χ4v) is 3.21. The first kappa shape index (κ1) is 14.2. The summed E-state index contributed by atoms with van der Waals surface area (Å²) >= 11 is 11.5. The Labute approximate surface area is 121 Å². The van der Waals surface area contributed by atoms with Gasteiger partial charge in [0.05, 0.1) is 21.4 Å². The van der Waals surface area contributed by atoms with Crippen LogP contribution in [-0.4, -0.2) is 8.42 Å². The molecule has 0 spiro atoms. The summed E-state index contributed by atoms with van der Waals surface area (Å²) in [7, 11) is -3.42. The second-order valence-electron chi connectivity index (χ2n) is 4.07. The van der Waals surface area contributed by atoms with E-state index in [-0.39, 0.29) is 10.6 Å². The standard InChI is InChI=1S/C13H11Cl2NO2S/c14-10-2-4-11(5-3-10)19(17,18)8-9-1-6-12(15)13(16)7-9/h1-7H,8,16H2. The van der Waals surface area contributed by atoms with Gasteiger partial charge in [-0.15, -0.1) is 0 Å². The van der Waals surface area contributed by atoms with Gasteiger partial charge in [-0.2, -0.15) is 0 Å². The Balaban J connectivity index is 2.30. The highest BCUT2D eigenvalue weighted by atomic mass is 35.5. The number of halogens is 2. The number of hydrogen-bond donors (Lipinski definition) is 1. The molecule has 0 aromatic heterocycles. The molecule has 0 amide bonds. The Morgan fingerprint density at radius 2 is 1.63 bits per heavy atom. The third kappa shape index (κ3) is 3.41. The number of benzene rings is 2. The van der Waals surface area contributed by atoms with Gasteiger partial charge in [-0.05, 0) is 42.0 Å². The Kier molecular flexibility index (Phi) is 4.04. The molecule has 2 aromatic rings. The molecular formula is C13H11Cl2NO2S. The van der Waals surface area contributed by atoms with Crippen LogP contribution in [0.4, 0.5) is 5.69 Å². The molecule has 0 aliphatic rings. The molecule has 19 heavy (non-hydrogen) atoms. The summed E-state index contributed by atoms with van der Waals surface area (Å²) in [6.07, 6.45) is 0. The van der Waals surface area contributed by atoms with Gasteiger partial charge in [0, 0.05) is 5.02 Å². The van der Waals surface area contributed by atoms with Gasteiger partial charge in [0.2, 0.25) is 0 Å². The lowest BCUT2D eigenvalue weighted by molar-refractivity contribution is 0.595. The van der Waals surface area contributed by atoms with E-state index in [1.54, 1.807) is 30.3 Å². The van der Waals surface area contributed by atoms with Crippen LogP contribution >= 0.6 is 23.2 Å². The highest BCUT2D eigenvalue weighted by Gasteiger charge is 2.15. The molecule has 100 valence electrons. The van der Waals surface area contributed by atoms with Gasteiger partial charge < -0.3 is 5.73 Å². The first-order valence-corrected chi connectivity index (χ1v) is 7.81. The third-order valence-electron chi connectivity index (χ3n) is 2.59. The van der Waals surface area contributed by atoms with Gasteiger partial charge in [0.25, 0.3) is 0 Å². The van der Waals surface area contributed by atoms with Crippen molar-refractivity contribution in [3.05, 3.63) is 58.1 Å². The summed E-state index contributed by atoms with van der Waals surface area (Å²) in [6.45, 7) is 0. The Morgan fingerprint density at radius 3 is 2.21 bits per heavy atom. The second-order valence-corrected chi connectivity index (χ2v) is 6.90. The van der Waals surface area contributed by atoms with E-state index in [0.717, 1.165) is 0 Å². The second kappa shape index (κ2) is 5.41. The van der Waals surface area contributed by atoms with E-state index in [2.05, 4.69) is 0 Å². The van der Waals surface area contributed by atoms with Crippen LogP contribution in [0.3, 0.4) is 0 Å². The molecule has 0 aliphatic carbocycles. The number of anilines is 1. The average molecular weight is 316 g/mol. The summed E-state index contributed by atoms with van der Waals surface area (Å²) in [5.41, 5.74) is 6.61. The molecule has 0 atom stereocenters. The van der Waals surface area contributed by atoms with Crippen LogP contribution in [0.1, 0.15) is 5.56 Å². The van der Waals surface area contributed by atoms with Crippen molar-refractivity contribution in [2.45, 2.75) is 10.6 Å². The van der Waals surface area contributed by atoms with Gasteiger partial charge in [-0.1, -0.05) is 29.3 Å². The maximum atomic E-state index is 12.2. The van der Waals surface area contributed by atoms with Gasteiger partial charge in [0.1, 0.15) is 0 Å². The summed E-state index contributed by atoms with van der Waals surface area (Å²) < 4.78 is 24.4. The molecule has 0 saturated carbocycles. The van der Waals surface area contributed by atoms with E-state index in [0.29, 0.717) is 21.3 Å². The number of nitrogens with two attached hydrogens (primary N) is 1. The monoisotopic (exact) mass is 315 g/mol. The van der Waals surface area contributed by atoms with Crippen LogP contribution in [0.5, 0.6) is 0 Å². The number of sulfone groups is 1. The number of nitrogen functional groups attached to an aromatic ring is 1. The molecule has 0 bridgehead atoms. The van der Waals surface area contributed by atoms with Gasteiger partial charge in [0.15, 0.2) is 9.84 Å². The van der Waals surface area contributed by atoms with E-state index in [1.165, 1.54) is 12.1 Å². The van der Waals surface area contributed by atoms with E-state index in [1.807, 2.05) is 0 Å². The van der Waals surface area contributed by atoms with Crippen LogP contribution in [0.25, 0.3) is 0 Å². The number of rotatable bonds is 3. The van der Waals surface area contributed by atoms with Crippen molar-refractivity contribution in [2.24, 2.45) is 0 Å². The largest absolute Gasteiger partial charge is 0.398 e. The molecule has 0 radical (unpaired) electrons. The highest BCUT2D eigenvalue weighted by molar-refractivity contribution is 7.90. The lowest BCUT2D eigenvalue weighted by Crippen LogP contribution is -2.05. The molecule has 2 N–H and O–H groups in total. The molecule has 0 heterocycles. The van der Waals surface area contributed by atoms with Crippen molar-refractivity contribution in [3.63, 3.8) is 0 Å². The van der Waals surface area contributed by atoms with Gasteiger partial charge in [-0.25, -0.2) is 8.42 Å². The summed E-state index contributed by atoms with van der Waals surface area (Å²) in [6, 6.07) is 10.9. The Hall–Kier alpha value is -1.23.